The molecule has 0 radical (unpaired) electrons. The highest BCUT2D eigenvalue weighted by Gasteiger charge is 2.13. The summed E-state index contributed by atoms with van der Waals surface area (Å²) in [6.45, 7) is 2.02. The number of rotatable bonds is 3. The molecular weight excluding hydrogens is 292 g/mol. The first-order valence-corrected chi connectivity index (χ1v) is 7.15. The lowest BCUT2D eigenvalue weighted by atomic mass is 10.2. The molecule has 0 bridgehead atoms. The summed E-state index contributed by atoms with van der Waals surface area (Å²) in [7, 11) is 1.64. The molecule has 0 saturated heterocycles. The highest BCUT2D eigenvalue weighted by atomic mass is 16.5. The van der Waals surface area contributed by atoms with Crippen LogP contribution in [-0.4, -0.2) is 32.1 Å². The van der Waals surface area contributed by atoms with Gasteiger partial charge in [0, 0.05) is 0 Å². The highest BCUT2D eigenvalue weighted by Crippen LogP contribution is 2.30. The monoisotopic (exact) mass is 306 g/mol. The molecule has 2 heterocycles. The number of methoxy groups -OCH3 is 1. The van der Waals surface area contributed by atoms with Crippen molar-refractivity contribution in [3.05, 3.63) is 48.0 Å². The molecule has 0 amide bonds. The molecule has 0 spiro atoms. The van der Waals surface area contributed by atoms with Crippen LogP contribution in [0.3, 0.4) is 0 Å². The van der Waals surface area contributed by atoms with Crippen molar-refractivity contribution < 1.29 is 4.74 Å². The molecule has 4 aromatic rings. The van der Waals surface area contributed by atoms with Crippen molar-refractivity contribution in [1.82, 2.24) is 25.0 Å². The molecule has 0 unspecified atom stereocenters. The summed E-state index contributed by atoms with van der Waals surface area (Å²) in [4.78, 5) is 4.65. The molecule has 0 atom stereocenters. The van der Waals surface area contributed by atoms with Gasteiger partial charge in [0.1, 0.15) is 5.75 Å². The Balaban J connectivity index is 1.91. The van der Waals surface area contributed by atoms with Gasteiger partial charge < -0.3 is 10.1 Å². The minimum atomic E-state index is 0.562. The molecule has 0 saturated carbocycles. The van der Waals surface area contributed by atoms with E-state index in [1.54, 1.807) is 11.6 Å². The van der Waals surface area contributed by atoms with Gasteiger partial charge in [-0.1, -0.05) is 18.2 Å². The summed E-state index contributed by atoms with van der Waals surface area (Å²) < 4.78 is 7.08. The topological polar surface area (TPSA) is 77.2 Å². The number of hydrogen-bond acceptors (Lipinski definition) is 6. The molecule has 4 rings (SSSR count). The zero-order valence-electron chi connectivity index (χ0n) is 12.7. The van der Waals surface area contributed by atoms with E-state index in [9.17, 15) is 0 Å². The van der Waals surface area contributed by atoms with Crippen LogP contribution in [0.15, 0.2) is 42.5 Å². The SMILES string of the molecule is COc1ccc(C)cc1Nc1nc2ccccc2n2nnnc12. The van der Waals surface area contributed by atoms with Crippen molar-refractivity contribution in [3.8, 4) is 5.75 Å². The second kappa shape index (κ2) is 5.20. The Morgan fingerprint density at radius 1 is 1.13 bits per heavy atom. The van der Waals surface area contributed by atoms with E-state index < -0.39 is 0 Å². The first-order chi connectivity index (χ1) is 11.3. The molecule has 2 aromatic carbocycles. The number of anilines is 2. The van der Waals surface area contributed by atoms with Crippen molar-refractivity contribution >= 4 is 28.2 Å². The summed E-state index contributed by atoms with van der Waals surface area (Å²) in [5.41, 5.74) is 4.16. The molecule has 0 aliphatic carbocycles. The minimum Gasteiger partial charge on any atom is -0.495 e. The van der Waals surface area contributed by atoms with Crippen LogP contribution in [0.5, 0.6) is 5.75 Å². The number of fused-ring (bicyclic) bond motifs is 3. The summed E-state index contributed by atoms with van der Waals surface area (Å²) in [6, 6.07) is 13.6. The molecule has 0 fully saturated rings. The van der Waals surface area contributed by atoms with Gasteiger partial charge in [-0.25, -0.2) is 4.98 Å². The van der Waals surface area contributed by atoms with Crippen molar-refractivity contribution in [2.24, 2.45) is 0 Å². The van der Waals surface area contributed by atoms with Crippen LogP contribution in [0.2, 0.25) is 0 Å². The smallest absolute Gasteiger partial charge is 0.222 e. The first-order valence-electron chi connectivity index (χ1n) is 7.15. The number of nitrogens with one attached hydrogen (secondary N) is 1. The van der Waals surface area contributed by atoms with Gasteiger partial charge in [0.2, 0.25) is 5.65 Å². The molecule has 0 aliphatic heterocycles. The Kier molecular flexibility index (Phi) is 3.04. The van der Waals surface area contributed by atoms with E-state index >= 15 is 0 Å². The van der Waals surface area contributed by atoms with Gasteiger partial charge in [-0.05, 0) is 47.2 Å². The quantitative estimate of drug-likeness (QED) is 0.627. The van der Waals surface area contributed by atoms with E-state index in [2.05, 4.69) is 25.8 Å². The van der Waals surface area contributed by atoms with Gasteiger partial charge in [0.05, 0.1) is 23.8 Å². The molecule has 114 valence electrons. The Morgan fingerprint density at radius 2 is 2.00 bits per heavy atom. The minimum absolute atomic E-state index is 0.562. The third kappa shape index (κ3) is 2.22. The van der Waals surface area contributed by atoms with E-state index in [0.29, 0.717) is 11.5 Å². The summed E-state index contributed by atoms with van der Waals surface area (Å²) in [5.74, 6) is 1.31. The number of ether oxygens (including phenoxy) is 1. The van der Waals surface area contributed by atoms with E-state index in [1.165, 1.54) is 0 Å². The van der Waals surface area contributed by atoms with Gasteiger partial charge in [-0.3, -0.25) is 0 Å². The van der Waals surface area contributed by atoms with Gasteiger partial charge in [-0.15, -0.1) is 5.10 Å². The second-order valence-electron chi connectivity index (χ2n) is 5.19. The van der Waals surface area contributed by atoms with E-state index in [0.717, 1.165) is 28.0 Å². The lowest BCUT2D eigenvalue weighted by Gasteiger charge is -2.12. The Morgan fingerprint density at radius 3 is 2.87 bits per heavy atom. The fourth-order valence-corrected chi connectivity index (χ4v) is 2.54. The number of nitrogens with zero attached hydrogens (tertiary/aromatic N) is 5. The van der Waals surface area contributed by atoms with E-state index in [1.807, 2.05) is 49.4 Å². The van der Waals surface area contributed by atoms with Crippen LogP contribution in [0, 0.1) is 6.92 Å². The van der Waals surface area contributed by atoms with E-state index in [4.69, 9.17) is 4.74 Å². The maximum absolute atomic E-state index is 5.40. The molecule has 1 N–H and O–H groups in total. The summed E-state index contributed by atoms with van der Waals surface area (Å²) in [5, 5.41) is 15.2. The molecular formula is C16H14N6O. The van der Waals surface area contributed by atoms with Crippen molar-refractivity contribution in [1.29, 1.82) is 0 Å². The van der Waals surface area contributed by atoms with Crippen molar-refractivity contribution in [2.75, 3.05) is 12.4 Å². The average molecular weight is 306 g/mol. The zero-order chi connectivity index (χ0) is 15.8. The lowest BCUT2D eigenvalue weighted by molar-refractivity contribution is 0.416. The van der Waals surface area contributed by atoms with Gasteiger partial charge in [0.25, 0.3) is 0 Å². The van der Waals surface area contributed by atoms with Crippen LogP contribution in [0.4, 0.5) is 11.5 Å². The fraction of sp³-hybridized carbons (Fsp3) is 0.125. The van der Waals surface area contributed by atoms with Crippen LogP contribution < -0.4 is 10.1 Å². The molecule has 7 nitrogen and oxygen atoms in total. The zero-order valence-corrected chi connectivity index (χ0v) is 12.7. The fourth-order valence-electron chi connectivity index (χ4n) is 2.54. The van der Waals surface area contributed by atoms with Crippen LogP contribution in [0.1, 0.15) is 5.56 Å². The molecule has 23 heavy (non-hydrogen) atoms. The number of aromatic nitrogens is 5. The summed E-state index contributed by atoms with van der Waals surface area (Å²) >= 11 is 0. The third-order valence-corrected chi connectivity index (χ3v) is 3.63. The highest BCUT2D eigenvalue weighted by molar-refractivity contribution is 5.84. The second-order valence-corrected chi connectivity index (χ2v) is 5.19. The lowest BCUT2D eigenvalue weighted by Crippen LogP contribution is -2.02. The van der Waals surface area contributed by atoms with Crippen molar-refractivity contribution in [2.45, 2.75) is 6.92 Å². The normalized spacial score (nSPS) is 11.0. The molecule has 0 aliphatic rings. The number of para-hydroxylation sites is 2. The number of aryl methyl sites for hydroxylation is 1. The summed E-state index contributed by atoms with van der Waals surface area (Å²) in [6.07, 6.45) is 0. The standard InChI is InChI=1S/C16H14N6O/c1-10-7-8-14(23-2)12(9-10)18-15-16-19-20-21-22(16)13-6-4-3-5-11(13)17-15/h3-9H,1-2H3,(H,17,18). The van der Waals surface area contributed by atoms with Crippen LogP contribution >= 0.6 is 0 Å². The van der Waals surface area contributed by atoms with E-state index in [-0.39, 0.29) is 0 Å². The third-order valence-electron chi connectivity index (χ3n) is 3.63. The Labute approximate surface area is 131 Å². The maximum atomic E-state index is 5.40. The van der Waals surface area contributed by atoms with Gasteiger partial charge in [-0.2, -0.15) is 4.52 Å². The van der Waals surface area contributed by atoms with Gasteiger partial charge in [0.15, 0.2) is 5.82 Å². The Hall–Kier alpha value is -3.22. The van der Waals surface area contributed by atoms with Crippen LogP contribution in [-0.2, 0) is 0 Å². The van der Waals surface area contributed by atoms with Crippen LogP contribution in [0.25, 0.3) is 16.7 Å². The van der Waals surface area contributed by atoms with Crippen molar-refractivity contribution in [3.63, 3.8) is 0 Å². The molecule has 2 aromatic heterocycles. The number of hydrogen-bond donors (Lipinski definition) is 1. The largest absolute Gasteiger partial charge is 0.495 e. The first kappa shape index (κ1) is 13.4. The maximum Gasteiger partial charge on any atom is 0.222 e. The number of tetrazole rings is 1. The van der Waals surface area contributed by atoms with Gasteiger partial charge >= 0.3 is 0 Å². The predicted molar refractivity (Wildman–Crippen MR) is 87.1 cm³/mol. The molecule has 7 heteroatoms. The predicted octanol–water partition coefficient (Wildman–Crippen LogP) is 2.73. The average Bonchev–Trinajstić information content (AvgIpc) is 3.05. The number of benzene rings is 2. The Bertz CT molecular complexity index is 1010.